The summed E-state index contributed by atoms with van der Waals surface area (Å²) in [4.78, 5) is 19.6. The molecule has 0 atom stereocenters. The number of aryl methyl sites for hydroxylation is 2. The Morgan fingerprint density at radius 1 is 1.10 bits per heavy atom. The first-order chi connectivity index (χ1) is 14.9. The van der Waals surface area contributed by atoms with Gasteiger partial charge in [-0.3, -0.25) is 14.8 Å². The van der Waals surface area contributed by atoms with Crippen molar-refractivity contribution in [3.63, 3.8) is 0 Å². The summed E-state index contributed by atoms with van der Waals surface area (Å²) in [5.74, 6) is 0.179. The Bertz CT molecular complexity index is 1070. The average molecular weight is 419 g/mol. The predicted octanol–water partition coefficient (Wildman–Crippen LogP) is 3.98. The molecule has 162 valence electrons. The van der Waals surface area contributed by atoms with Crippen LogP contribution >= 0.6 is 0 Å². The lowest BCUT2D eigenvalue weighted by Gasteiger charge is -2.15. The van der Waals surface area contributed by atoms with Crippen LogP contribution in [0.5, 0.6) is 0 Å². The number of carbonyl (C=O) groups is 1. The second-order valence-corrected chi connectivity index (χ2v) is 7.52. The number of guanidine groups is 1. The third kappa shape index (κ3) is 5.51. The lowest BCUT2D eigenvalue weighted by molar-refractivity contribution is 0.0977. The summed E-state index contributed by atoms with van der Waals surface area (Å²) >= 11 is 0. The van der Waals surface area contributed by atoms with Gasteiger partial charge in [0.25, 0.3) is 5.91 Å². The minimum atomic E-state index is -0.219. The Morgan fingerprint density at radius 3 is 2.48 bits per heavy atom. The number of hydrogen-bond acceptors (Lipinski definition) is 4. The quantitative estimate of drug-likeness (QED) is 0.469. The largest absolute Gasteiger partial charge is 0.378 e. The molecule has 1 heterocycles. The highest BCUT2D eigenvalue weighted by atomic mass is 16.1. The fraction of sp³-hybridized carbons (Fsp3) is 0.292. The zero-order valence-corrected chi connectivity index (χ0v) is 18.8. The van der Waals surface area contributed by atoms with Gasteiger partial charge in [0.2, 0.25) is 5.96 Å². The van der Waals surface area contributed by atoms with Crippen LogP contribution in [0, 0.1) is 13.8 Å². The number of anilines is 2. The number of nitrogens with zero attached hydrogens (tertiary/aromatic N) is 4. The van der Waals surface area contributed by atoms with E-state index in [1.54, 1.807) is 6.07 Å². The number of nitrogens with one attached hydrogen (secondary N) is 2. The van der Waals surface area contributed by atoms with E-state index in [-0.39, 0.29) is 5.91 Å². The third-order valence-electron chi connectivity index (χ3n) is 5.12. The molecule has 31 heavy (non-hydrogen) atoms. The Hall–Kier alpha value is -3.61. The van der Waals surface area contributed by atoms with Crippen LogP contribution in [0.1, 0.15) is 34.2 Å². The van der Waals surface area contributed by atoms with Gasteiger partial charge in [-0.25, -0.2) is 4.99 Å². The molecule has 3 rings (SSSR count). The maximum absolute atomic E-state index is 12.9. The van der Waals surface area contributed by atoms with Gasteiger partial charge in [0.15, 0.2) is 0 Å². The molecule has 3 aromatic rings. The zero-order chi connectivity index (χ0) is 22.4. The molecule has 7 nitrogen and oxygen atoms in total. The standard InChI is InChI=1S/C24H30N6O/c1-6-30-18(3)22(17(2)28-30)16-25-24(26-20-12-8-7-9-13-20)27-23(31)19-11-10-14-21(15-19)29(4)5/h7-15H,6,16H2,1-5H3,(H2,25,26,27,31). The molecule has 7 heteroatoms. The van der Waals surface area contributed by atoms with Crippen molar-refractivity contribution in [3.05, 3.63) is 77.1 Å². The number of aromatic nitrogens is 2. The van der Waals surface area contributed by atoms with E-state index in [0.717, 1.165) is 34.9 Å². The number of hydrogen-bond donors (Lipinski definition) is 2. The molecular formula is C24H30N6O. The van der Waals surface area contributed by atoms with Crippen LogP contribution in [0.15, 0.2) is 59.6 Å². The number of para-hydroxylation sites is 1. The Morgan fingerprint density at radius 2 is 1.84 bits per heavy atom. The number of rotatable bonds is 6. The first-order valence-corrected chi connectivity index (χ1v) is 10.4. The summed E-state index contributed by atoms with van der Waals surface area (Å²) in [6.07, 6.45) is 0. The van der Waals surface area contributed by atoms with E-state index in [4.69, 9.17) is 4.99 Å². The average Bonchev–Trinajstić information content (AvgIpc) is 3.05. The number of benzene rings is 2. The van der Waals surface area contributed by atoms with Crippen molar-refractivity contribution < 1.29 is 4.79 Å². The molecule has 0 aliphatic rings. The Kier molecular flexibility index (Phi) is 7.07. The SMILES string of the molecule is CCn1nc(C)c(CN=C(NC(=O)c2cccc(N(C)C)c2)Nc2ccccc2)c1C. The van der Waals surface area contributed by atoms with Crippen molar-refractivity contribution in [1.82, 2.24) is 15.1 Å². The molecule has 1 aromatic heterocycles. The van der Waals surface area contributed by atoms with E-state index in [1.165, 1.54) is 0 Å². The Balaban J connectivity index is 1.86. The van der Waals surface area contributed by atoms with Crippen LogP contribution in [0.2, 0.25) is 0 Å². The molecule has 0 radical (unpaired) electrons. The van der Waals surface area contributed by atoms with Gasteiger partial charge < -0.3 is 10.2 Å². The van der Waals surface area contributed by atoms with E-state index in [2.05, 4.69) is 22.7 Å². The summed E-state index contributed by atoms with van der Waals surface area (Å²) in [5.41, 5.74) is 5.49. The fourth-order valence-electron chi connectivity index (χ4n) is 3.30. The second-order valence-electron chi connectivity index (χ2n) is 7.52. The molecule has 0 bridgehead atoms. The first kappa shape index (κ1) is 22.1. The summed E-state index contributed by atoms with van der Waals surface area (Å²) in [6, 6.07) is 17.2. The molecule has 0 unspecified atom stereocenters. The molecule has 0 saturated heterocycles. The smallest absolute Gasteiger partial charge is 0.258 e. The molecule has 0 fully saturated rings. The lowest BCUT2D eigenvalue weighted by atomic mass is 10.2. The molecule has 0 saturated carbocycles. The highest BCUT2D eigenvalue weighted by Crippen LogP contribution is 2.16. The zero-order valence-electron chi connectivity index (χ0n) is 18.8. The van der Waals surface area contributed by atoms with Gasteiger partial charge in [-0.2, -0.15) is 5.10 Å². The second kappa shape index (κ2) is 9.93. The van der Waals surface area contributed by atoms with E-state index in [0.29, 0.717) is 18.1 Å². The van der Waals surface area contributed by atoms with Gasteiger partial charge in [-0.1, -0.05) is 24.3 Å². The summed E-state index contributed by atoms with van der Waals surface area (Å²) in [5, 5.41) is 10.7. The molecule has 2 N–H and O–H groups in total. The molecule has 0 aliphatic carbocycles. The van der Waals surface area contributed by atoms with Gasteiger partial charge in [0.05, 0.1) is 12.2 Å². The maximum atomic E-state index is 12.9. The topological polar surface area (TPSA) is 74.5 Å². The van der Waals surface area contributed by atoms with Gasteiger partial charge in [-0.05, 0) is 51.1 Å². The number of carbonyl (C=O) groups excluding carboxylic acids is 1. The highest BCUT2D eigenvalue weighted by Gasteiger charge is 2.13. The number of aliphatic imine (C=N–C) groups is 1. The van der Waals surface area contributed by atoms with Crippen LogP contribution in [0.4, 0.5) is 11.4 Å². The number of amides is 1. The van der Waals surface area contributed by atoms with Crippen molar-refractivity contribution >= 4 is 23.2 Å². The summed E-state index contributed by atoms with van der Waals surface area (Å²) in [6.45, 7) is 7.33. The maximum Gasteiger partial charge on any atom is 0.258 e. The monoisotopic (exact) mass is 418 g/mol. The predicted molar refractivity (Wildman–Crippen MR) is 127 cm³/mol. The van der Waals surface area contributed by atoms with Crippen LogP contribution in [0.25, 0.3) is 0 Å². The Labute approximate surface area is 183 Å². The third-order valence-corrected chi connectivity index (χ3v) is 5.12. The fourth-order valence-corrected chi connectivity index (χ4v) is 3.30. The van der Waals surface area contributed by atoms with Crippen LogP contribution in [0.3, 0.4) is 0 Å². The summed E-state index contributed by atoms with van der Waals surface area (Å²) in [7, 11) is 3.89. The molecule has 0 aliphatic heterocycles. The normalized spacial score (nSPS) is 11.3. The van der Waals surface area contributed by atoms with E-state index in [9.17, 15) is 4.79 Å². The minimum Gasteiger partial charge on any atom is -0.378 e. The van der Waals surface area contributed by atoms with Gasteiger partial charge >= 0.3 is 0 Å². The van der Waals surface area contributed by atoms with Gasteiger partial charge in [-0.15, -0.1) is 0 Å². The molecule has 2 aromatic carbocycles. The van der Waals surface area contributed by atoms with Crippen LogP contribution in [-0.2, 0) is 13.1 Å². The van der Waals surface area contributed by atoms with Gasteiger partial charge in [0, 0.05) is 48.8 Å². The van der Waals surface area contributed by atoms with Crippen molar-refractivity contribution in [2.75, 3.05) is 24.3 Å². The summed E-state index contributed by atoms with van der Waals surface area (Å²) < 4.78 is 1.97. The van der Waals surface area contributed by atoms with E-state index >= 15 is 0 Å². The van der Waals surface area contributed by atoms with Crippen molar-refractivity contribution in [2.24, 2.45) is 4.99 Å². The van der Waals surface area contributed by atoms with Crippen molar-refractivity contribution in [1.29, 1.82) is 0 Å². The minimum absolute atomic E-state index is 0.219. The van der Waals surface area contributed by atoms with Crippen molar-refractivity contribution in [2.45, 2.75) is 33.9 Å². The van der Waals surface area contributed by atoms with Gasteiger partial charge in [0.1, 0.15) is 0 Å². The van der Waals surface area contributed by atoms with E-state index in [1.807, 2.05) is 86.1 Å². The molecule has 1 amide bonds. The highest BCUT2D eigenvalue weighted by molar-refractivity contribution is 6.10. The van der Waals surface area contributed by atoms with E-state index < -0.39 is 0 Å². The van der Waals surface area contributed by atoms with Crippen molar-refractivity contribution in [3.8, 4) is 0 Å². The van der Waals surface area contributed by atoms with Crippen LogP contribution < -0.4 is 15.5 Å². The molecule has 0 spiro atoms. The lowest BCUT2D eigenvalue weighted by Crippen LogP contribution is -2.36. The first-order valence-electron chi connectivity index (χ1n) is 10.4. The molecular weight excluding hydrogens is 388 g/mol. The van der Waals surface area contributed by atoms with Crippen LogP contribution in [-0.4, -0.2) is 35.7 Å².